The molecule has 3 heteroatoms. The third-order valence-corrected chi connectivity index (χ3v) is 5.46. The Kier molecular flexibility index (Phi) is 3.52. The zero-order chi connectivity index (χ0) is 14.1. The molecule has 0 saturated carbocycles. The predicted molar refractivity (Wildman–Crippen MR) is 88.5 cm³/mol. The van der Waals surface area contributed by atoms with Crippen molar-refractivity contribution in [3.05, 3.63) is 53.6 Å². The lowest BCUT2D eigenvalue weighted by molar-refractivity contribution is 0.318. The van der Waals surface area contributed by atoms with Crippen molar-refractivity contribution < 1.29 is 4.74 Å². The van der Waals surface area contributed by atoms with E-state index in [0.29, 0.717) is 5.25 Å². The van der Waals surface area contributed by atoms with Gasteiger partial charge in [0.05, 0.1) is 5.69 Å². The Balaban J connectivity index is 1.44. The molecule has 2 nitrogen and oxygen atoms in total. The number of thioether (sulfide) groups is 1. The standard InChI is InChI=1S/C18H19NOS/c1-2-9-17-14(5-1)11-15(21-17)12-20-16-8-3-6-13-7-4-10-19-18(13)16/h1-3,5-6,8-9,15,19H,4,7,10-12H2. The second-order valence-corrected chi connectivity index (χ2v) is 7.03. The fourth-order valence-corrected chi connectivity index (χ4v) is 4.35. The van der Waals surface area contributed by atoms with E-state index in [0.717, 1.165) is 31.7 Å². The molecule has 0 spiro atoms. The zero-order valence-corrected chi connectivity index (χ0v) is 12.8. The second kappa shape index (κ2) is 5.64. The Labute approximate surface area is 129 Å². The Hall–Kier alpha value is -1.61. The normalized spacial score (nSPS) is 19.5. The molecule has 2 aliphatic rings. The van der Waals surface area contributed by atoms with Crippen LogP contribution in [0.1, 0.15) is 17.5 Å². The van der Waals surface area contributed by atoms with E-state index >= 15 is 0 Å². The van der Waals surface area contributed by atoms with Gasteiger partial charge in [-0.1, -0.05) is 30.3 Å². The maximum atomic E-state index is 6.14. The van der Waals surface area contributed by atoms with Gasteiger partial charge in [0, 0.05) is 16.7 Å². The van der Waals surface area contributed by atoms with E-state index < -0.39 is 0 Å². The van der Waals surface area contributed by atoms with Crippen LogP contribution in [0.4, 0.5) is 5.69 Å². The van der Waals surface area contributed by atoms with E-state index in [2.05, 4.69) is 47.8 Å². The van der Waals surface area contributed by atoms with E-state index in [1.165, 1.54) is 28.1 Å². The van der Waals surface area contributed by atoms with Gasteiger partial charge in [-0.15, -0.1) is 11.8 Å². The first-order valence-corrected chi connectivity index (χ1v) is 8.51. The molecule has 4 rings (SSSR count). The number of fused-ring (bicyclic) bond motifs is 2. The number of benzene rings is 2. The lowest BCUT2D eigenvalue weighted by atomic mass is 10.0. The molecule has 0 bridgehead atoms. The lowest BCUT2D eigenvalue weighted by Gasteiger charge is -2.22. The topological polar surface area (TPSA) is 21.3 Å². The van der Waals surface area contributed by atoms with Gasteiger partial charge in [-0.3, -0.25) is 0 Å². The molecule has 1 N–H and O–H groups in total. The van der Waals surface area contributed by atoms with E-state index in [-0.39, 0.29) is 0 Å². The van der Waals surface area contributed by atoms with Gasteiger partial charge in [-0.2, -0.15) is 0 Å². The van der Waals surface area contributed by atoms with Crippen LogP contribution in [0.5, 0.6) is 5.75 Å². The number of ether oxygens (including phenoxy) is 1. The van der Waals surface area contributed by atoms with Crippen LogP contribution in [0.25, 0.3) is 0 Å². The van der Waals surface area contributed by atoms with Gasteiger partial charge in [0.15, 0.2) is 0 Å². The monoisotopic (exact) mass is 297 g/mol. The molecule has 108 valence electrons. The summed E-state index contributed by atoms with van der Waals surface area (Å²) in [5.41, 5.74) is 4.06. The van der Waals surface area contributed by atoms with Gasteiger partial charge in [0.1, 0.15) is 12.4 Å². The van der Waals surface area contributed by atoms with Crippen molar-refractivity contribution in [2.75, 3.05) is 18.5 Å². The van der Waals surface area contributed by atoms with Crippen LogP contribution in [-0.4, -0.2) is 18.4 Å². The molecule has 0 amide bonds. The molecule has 2 aromatic rings. The molecule has 2 heterocycles. The summed E-state index contributed by atoms with van der Waals surface area (Å²) in [6.07, 6.45) is 3.48. The quantitative estimate of drug-likeness (QED) is 0.920. The zero-order valence-electron chi connectivity index (χ0n) is 12.0. The number of aryl methyl sites for hydroxylation is 1. The molecule has 1 unspecified atom stereocenters. The summed E-state index contributed by atoms with van der Waals surface area (Å²) in [7, 11) is 0. The Morgan fingerprint density at radius 3 is 2.95 bits per heavy atom. The fraction of sp³-hybridized carbons (Fsp3) is 0.333. The Morgan fingerprint density at radius 1 is 1.10 bits per heavy atom. The summed E-state index contributed by atoms with van der Waals surface area (Å²) < 4.78 is 6.14. The van der Waals surface area contributed by atoms with Crippen LogP contribution in [0.2, 0.25) is 0 Å². The van der Waals surface area contributed by atoms with Crippen LogP contribution in [0.3, 0.4) is 0 Å². The Bertz CT molecular complexity index is 630. The largest absolute Gasteiger partial charge is 0.490 e. The molecule has 0 aliphatic carbocycles. The van der Waals surface area contributed by atoms with Crippen LogP contribution in [-0.2, 0) is 12.8 Å². The minimum absolute atomic E-state index is 0.529. The van der Waals surface area contributed by atoms with Gasteiger partial charge in [0.25, 0.3) is 0 Å². The average Bonchev–Trinajstić information content (AvgIpc) is 2.96. The average molecular weight is 297 g/mol. The second-order valence-electron chi connectivity index (χ2n) is 5.68. The number of nitrogens with one attached hydrogen (secondary N) is 1. The van der Waals surface area contributed by atoms with Crippen molar-refractivity contribution in [1.29, 1.82) is 0 Å². The number of hydrogen-bond acceptors (Lipinski definition) is 3. The molecular weight excluding hydrogens is 278 g/mol. The first-order chi connectivity index (χ1) is 10.4. The molecule has 0 fully saturated rings. The predicted octanol–water partition coefficient (Wildman–Crippen LogP) is 4.14. The lowest BCUT2D eigenvalue weighted by Crippen LogP contribution is -2.17. The van der Waals surface area contributed by atoms with Gasteiger partial charge < -0.3 is 10.1 Å². The number of hydrogen-bond donors (Lipinski definition) is 1. The van der Waals surface area contributed by atoms with Crippen LogP contribution in [0.15, 0.2) is 47.4 Å². The van der Waals surface area contributed by atoms with E-state index in [1.807, 2.05) is 11.8 Å². The van der Waals surface area contributed by atoms with Gasteiger partial charge in [-0.05, 0) is 42.5 Å². The molecule has 0 radical (unpaired) electrons. The third kappa shape index (κ3) is 2.62. The minimum Gasteiger partial charge on any atom is -0.490 e. The molecule has 0 aromatic heterocycles. The van der Waals surface area contributed by atoms with Crippen LogP contribution in [0, 0.1) is 0 Å². The molecule has 21 heavy (non-hydrogen) atoms. The van der Waals surface area contributed by atoms with Gasteiger partial charge >= 0.3 is 0 Å². The highest BCUT2D eigenvalue weighted by Gasteiger charge is 2.23. The van der Waals surface area contributed by atoms with Gasteiger partial charge in [-0.25, -0.2) is 0 Å². The van der Waals surface area contributed by atoms with E-state index in [4.69, 9.17) is 4.74 Å². The first-order valence-electron chi connectivity index (χ1n) is 7.63. The summed E-state index contributed by atoms with van der Waals surface area (Å²) in [6.45, 7) is 1.83. The fourth-order valence-electron chi connectivity index (χ4n) is 3.13. The highest BCUT2D eigenvalue weighted by molar-refractivity contribution is 8.00. The minimum atomic E-state index is 0.529. The van der Waals surface area contributed by atoms with Crippen LogP contribution < -0.4 is 10.1 Å². The van der Waals surface area contributed by atoms with Crippen molar-refractivity contribution in [3.63, 3.8) is 0 Å². The summed E-state index contributed by atoms with van der Waals surface area (Å²) >= 11 is 1.95. The van der Waals surface area contributed by atoms with Crippen molar-refractivity contribution in [3.8, 4) is 5.75 Å². The SMILES string of the molecule is c1ccc2c(c1)CC(COc1cccc3c1NCCC3)S2. The van der Waals surface area contributed by atoms with Crippen molar-refractivity contribution >= 4 is 17.4 Å². The summed E-state index contributed by atoms with van der Waals surface area (Å²) in [5.74, 6) is 1.02. The van der Waals surface area contributed by atoms with E-state index in [9.17, 15) is 0 Å². The molecule has 2 aromatic carbocycles. The maximum Gasteiger partial charge on any atom is 0.142 e. The molecule has 1 atom stereocenters. The van der Waals surface area contributed by atoms with Crippen molar-refractivity contribution in [2.45, 2.75) is 29.4 Å². The molecule has 2 aliphatic heterocycles. The van der Waals surface area contributed by atoms with E-state index in [1.54, 1.807) is 0 Å². The van der Waals surface area contributed by atoms with Gasteiger partial charge in [0.2, 0.25) is 0 Å². The molecular formula is C18H19NOS. The Morgan fingerprint density at radius 2 is 2.00 bits per heavy atom. The van der Waals surface area contributed by atoms with Crippen molar-refractivity contribution in [1.82, 2.24) is 0 Å². The highest BCUT2D eigenvalue weighted by Crippen LogP contribution is 2.38. The third-order valence-electron chi connectivity index (χ3n) is 4.18. The number of rotatable bonds is 3. The summed E-state index contributed by atoms with van der Waals surface area (Å²) in [6, 6.07) is 15.1. The maximum absolute atomic E-state index is 6.14. The van der Waals surface area contributed by atoms with Crippen molar-refractivity contribution in [2.24, 2.45) is 0 Å². The number of para-hydroxylation sites is 1. The highest BCUT2D eigenvalue weighted by atomic mass is 32.2. The summed E-state index contributed by atoms with van der Waals surface area (Å²) in [4.78, 5) is 1.42. The number of anilines is 1. The molecule has 0 saturated heterocycles. The first kappa shape index (κ1) is 13.1. The van der Waals surface area contributed by atoms with Crippen LogP contribution >= 0.6 is 11.8 Å². The summed E-state index contributed by atoms with van der Waals surface area (Å²) in [5, 5.41) is 4.02. The smallest absolute Gasteiger partial charge is 0.142 e.